The number of allylic oxidation sites excluding steroid dienone is 2. The Kier molecular flexibility index (Phi) is 7.50. The number of fused-ring (bicyclic) bond motifs is 4. The Bertz CT molecular complexity index is 1400. The van der Waals surface area contributed by atoms with Gasteiger partial charge >= 0.3 is 0 Å². The minimum Gasteiger partial charge on any atom is -0.512 e. The zero-order valence-corrected chi connectivity index (χ0v) is 21.8. The summed E-state index contributed by atoms with van der Waals surface area (Å²) in [5, 5.41) is 8.91. The van der Waals surface area contributed by atoms with Crippen LogP contribution in [0.1, 0.15) is 38.8 Å². The van der Waals surface area contributed by atoms with Crippen molar-refractivity contribution in [1.29, 1.82) is 0 Å². The fourth-order valence-corrected chi connectivity index (χ4v) is 4.35. The molecule has 0 atom stereocenters. The molecule has 3 aromatic carbocycles. The summed E-state index contributed by atoms with van der Waals surface area (Å²) in [4.78, 5) is 14.7. The zero-order chi connectivity index (χ0) is 23.8. The summed E-state index contributed by atoms with van der Waals surface area (Å²) in [6, 6.07) is 24.9. The Hall–Kier alpha value is -3.14. The van der Waals surface area contributed by atoms with E-state index in [2.05, 4.69) is 61.3 Å². The van der Waals surface area contributed by atoms with Crippen molar-refractivity contribution in [2.75, 3.05) is 0 Å². The molecule has 1 N–H and O–H groups in total. The van der Waals surface area contributed by atoms with Crippen molar-refractivity contribution in [2.45, 2.75) is 33.1 Å². The number of nitrogens with zero attached hydrogens (tertiary/aromatic N) is 1. The van der Waals surface area contributed by atoms with Gasteiger partial charge in [0, 0.05) is 31.6 Å². The number of carbonyl (C=O) groups excluding carboxylic acids is 1. The monoisotopic (exact) mass is 631 g/mol. The third-order valence-corrected chi connectivity index (χ3v) is 5.88. The molecule has 4 aromatic rings. The fourth-order valence-electron chi connectivity index (χ4n) is 4.35. The van der Waals surface area contributed by atoms with Crippen molar-refractivity contribution < 1.29 is 34.4 Å². The molecule has 1 heterocycles. The number of halogens is 1. The maximum Gasteiger partial charge on any atom is 0.155 e. The molecule has 1 aliphatic carbocycles. The molecule has 0 saturated heterocycles. The van der Waals surface area contributed by atoms with Gasteiger partial charge in [0.2, 0.25) is 0 Å². The van der Waals surface area contributed by atoms with Crippen LogP contribution in [0.15, 0.2) is 78.6 Å². The van der Waals surface area contributed by atoms with Gasteiger partial charge in [-0.15, -0.1) is 29.3 Å². The van der Waals surface area contributed by atoms with Crippen molar-refractivity contribution in [3.8, 4) is 22.4 Å². The molecular formula is C29H25FIrNO2-. The van der Waals surface area contributed by atoms with Gasteiger partial charge in [-0.25, -0.2) is 4.39 Å². The number of rotatable bonds is 2. The molecule has 1 aromatic heterocycles. The number of hydrogen-bond donors (Lipinski definition) is 1. The van der Waals surface area contributed by atoms with Crippen LogP contribution in [-0.2, 0) is 30.3 Å². The van der Waals surface area contributed by atoms with Gasteiger partial charge in [-0.3, -0.25) is 9.78 Å². The van der Waals surface area contributed by atoms with Gasteiger partial charge in [-0.2, -0.15) is 0 Å². The number of aliphatic hydroxyl groups is 1. The Morgan fingerprint density at radius 3 is 2.41 bits per heavy atom. The summed E-state index contributed by atoms with van der Waals surface area (Å²) in [5.74, 6) is -0.302. The summed E-state index contributed by atoms with van der Waals surface area (Å²) in [7, 11) is 0. The van der Waals surface area contributed by atoms with Crippen LogP contribution >= 0.6 is 0 Å². The van der Waals surface area contributed by atoms with Crippen molar-refractivity contribution in [2.24, 2.45) is 0 Å². The summed E-state index contributed by atoms with van der Waals surface area (Å²) in [5.41, 5.74) is 7.51. The number of ketones is 1. The van der Waals surface area contributed by atoms with E-state index < -0.39 is 0 Å². The Morgan fingerprint density at radius 2 is 1.74 bits per heavy atom. The third kappa shape index (κ3) is 4.86. The van der Waals surface area contributed by atoms with E-state index in [1.165, 1.54) is 48.2 Å². The molecule has 0 saturated carbocycles. The van der Waals surface area contributed by atoms with Crippen LogP contribution in [0.3, 0.4) is 0 Å². The first-order valence-corrected chi connectivity index (χ1v) is 10.8. The molecule has 0 fully saturated rings. The van der Waals surface area contributed by atoms with E-state index >= 15 is 0 Å². The molecule has 5 heteroatoms. The standard InChI is InChI=1S/C24H17FN.C5H8O2.Ir/c1-24(2)19-7-4-3-6-16(19)17-11-10-15(14-20(17)24)22-13-12-18-21(25)8-5-9-23(18)26-22;1-4(6)3-5(2)7;/h3-9,11-14H,1-2H3;3,6H,1-2H3;/q-1;;/b;4-3-;. The Balaban J connectivity index is 0.000000357. The van der Waals surface area contributed by atoms with Gasteiger partial charge in [0.25, 0.3) is 0 Å². The minimum atomic E-state index is -0.240. The maximum atomic E-state index is 13.9. The van der Waals surface area contributed by atoms with E-state index in [-0.39, 0.29) is 42.9 Å². The second-order valence-electron chi connectivity index (χ2n) is 8.74. The molecule has 1 radical (unpaired) electrons. The van der Waals surface area contributed by atoms with Crippen LogP contribution in [0, 0.1) is 11.9 Å². The predicted octanol–water partition coefficient (Wildman–Crippen LogP) is 7.18. The average molecular weight is 631 g/mol. The Labute approximate surface area is 212 Å². The van der Waals surface area contributed by atoms with Gasteiger partial charge in [0.05, 0.1) is 11.3 Å². The number of benzene rings is 3. The van der Waals surface area contributed by atoms with Gasteiger partial charge in [-0.1, -0.05) is 67.4 Å². The summed E-state index contributed by atoms with van der Waals surface area (Å²) < 4.78 is 13.9. The molecule has 0 amide bonds. The van der Waals surface area contributed by atoms with Crippen molar-refractivity contribution in [3.63, 3.8) is 0 Å². The van der Waals surface area contributed by atoms with Crippen LogP contribution in [0.25, 0.3) is 33.3 Å². The number of pyridine rings is 1. The van der Waals surface area contributed by atoms with E-state index in [4.69, 9.17) is 5.11 Å². The second kappa shape index (κ2) is 10.0. The van der Waals surface area contributed by atoms with Crippen molar-refractivity contribution in [3.05, 3.63) is 102 Å². The first-order chi connectivity index (χ1) is 15.7. The molecule has 1 aliphatic rings. The number of aromatic nitrogens is 1. The zero-order valence-electron chi connectivity index (χ0n) is 19.4. The van der Waals surface area contributed by atoms with Crippen molar-refractivity contribution in [1.82, 2.24) is 4.98 Å². The minimum absolute atomic E-state index is 0. The topological polar surface area (TPSA) is 50.2 Å². The first kappa shape index (κ1) is 25.5. The normalized spacial score (nSPS) is 13.3. The third-order valence-electron chi connectivity index (χ3n) is 5.88. The van der Waals surface area contributed by atoms with E-state index in [0.29, 0.717) is 10.9 Å². The van der Waals surface area contributed by atoms with Gasteiger partial charge in [-0.05, 0) is 42.7 Å². The second-order valence-corrected chi connectivity index (χ2v) is 8.74. The van der Waals surface area contributed by atoms with Crippen LogP contribution in [0.5, 0.6) is 0 Å². The predicted molar refractivity (Wildman–Crippen MR) is 131 cm³/mol. The summed E-state index contributed by atoms with van der Waals surface area (Å²) >= 11 is 0. The van der Waals surface area contributed by atoms with E-state index in [0.717, 1.165) is 11.3 Å². The molecule has 0 aliphatic heterocycles. The number of carbonyl (C=O) groups is 1. The maximum absolute atomic E-state index is 13.9. The first-order valence-electron chi connectivity index (χ1n) is 10.8. The average Bonchev–Trinajstić information content (AvgIpc) is 3.00. The van der Waals surface area contributed by atoms with Crippen LogP contribution in [0.2, 0.25) is 0 Å². The summed E-state index contributed by atoms with van der Waals surface area (Å²) in [6.07, 6.45) is 1.17. The smallest absolute Gasteiger partial charge is 0.155 e. The van der Waals surface area contributed by atoms with E-state index in [1.807, 2.05) is 12.1 Å². The molecule has 0 unspecified atom stereocenters. The molecule has 34 heavy (non-hydrogen) atoms. The van der Waals surface area contributed by atoms with Crippen LogP contribution in [0.4, 0.5) is 4.39 Å². The van der Waals surface area contributed by atoms with Crippen molar-refractivity contribution >= 4 is 16.7 Å². The number of aliphatic hydroxyl groups excluding tert-OH is 1. The largest absolute Gasteiger partial charge is 0.512 e. The SMILES string of the molecule is CC(=O)/C=C(/C)O.CC1(C)c2ccccc2-c2c[c-]c(-c3ccc4c(F)cccc4n3)cc21.[Ir]. The van der Waals surface area contributed by atoms with Gasteiger partial charge in [0.15, 0.2) is 5.78 Å². The number of hydrogen-bond acceptors (Lipinski definition) is 3. The molecule has 175 valence electrons. The van der Waals surface area contributed by atoms with Crippen LogP contribution in [-0.4, -0.2) is 15.9 Å². The molecule has 3 nitrogen and oxygen atoms in total. The van der Waals surface area contributed by atoms with Gasteiger partial charge < -0.3 is 5.11 Å². The molecular weight excluding hydrogens is 606 g/mol. The fraction of sp³-hybridized carbons (Fsp3) is 0.172. The molecule has 0 spiro atoms. The molecule has 5 rings (SSSR count). The molecule has 0 bridgehead atoms. The Morgan fingerprint density at radius 1 is 1.00 bits per heavy atom. The van der Waals surface area contributed by atoms with Crippen LogP contribution < -0.4 is 0 Å². The van der Waals surface area contributed by atoms with E-state index in [9.17, 15) is 9.18 Å². The summed E-state index contributed by atoms with van der Waals surface area (Å²) in [6.45, 7) is 7.36. The van der Waals surface area contributed by atoms with Gasteiger partial charge in [0.1, 0.15) is 5.82 Å². The van der Waals surface area contributed by atoms with E-state index in [1.54, 1.807) is 12.1 Å². The quantitative estimate of drug-likeness (QED) is 0.145.